The smallest absolute Gasteiger partial charge is 0.183 e. The Bertz CT molecular complexity index is 207. The number of hydrogen-bond donors (Lipinski definition) is 1. The van der Waals surface area contributed by atoms with Crippen molar-refractivity contribution in [1.29, 1.82) is 0 Å². The lowest BCUT2D eigenvalue weighted by atomic mass is 10.3. The summed E-state index contributed by atoms with van der Waals surface area (Å²) in [5.41, 5.74) is 0. The van der Waals surface area contributed by atoms with Crippen LogP contribution in [0.25, 0.3) is 0 Å². The van der Waals surface area contributed by atoms with Gasteiger partial charge < -0.3 is 5.11 Å². The molecule has 0 saturated carbocycles. The highest BCUT2D eigenvalue weighted by Crippen LogP contribution is 2.21. The Labute approximate surface area is 68.8 Å². The second-order valence-corrected chi connectivity index (χ2v) is 1.98. The van der Waals surface area contributed by atoms with E-state index in [0.29, 0.717) is 0 Å². The third-order valence-electron chi connectivity index (χ3n) is 0.931. The Morgan fingerprint density at radius 3 is 2.40 bits per heavy atom. The van der Waals surface area contributed by atoms with Gasteiger partial charge in [-0.15, -0.1) is 12.4 Å². The van der Waals surface area contributed by atoms with Gasteiger partial charge >= 0.3 is 0 Å². The van der Waals surface area contributed by atoms with Crippen LogP contribution in [0.3, 0.4) is 0 Å². The summed E-state index contributed by atoms with van der Waals surface area (Å²) in [5, 5.41) is 8.58. The molecule has 10 heavy (non-hydrogen) atoms. The molecule has 0 atom stereocenters. The van der Waals surface area contributed by atoms with Gasteiger partial charge in [0.25, 0.3) is 0 Å². The fraction of sp³-hybridized carbons (Fsp3) is 0. The molecule has 1 aromatic rings. The number of hydrogen-bond acceptors (Lipinski definition) is 1. The van der Waals surface area contributed by atoms with Gasteiger partial charge in [-0.25, -0.2) is 4.39 Å². The van der Waals surface area contributed by atoms with E-state index < -0.39 is 11.6 Å². The fourth-order valence-corrected chi connectivity index (χ4v) is 0.662. The Hall–Kier alpha value is -0.470. The van der Waals surface area contributed by atoms with Crippen molar-refractivity contribution in [2.45, 2.75) is 0 Å². The van der Waals surface area contributed by atoms with Crippen molar-refractivity contribution < 1.29 is 9.50 Å². The number of phenols is 1. The monoisotopic (exact) mass is 182 g/mol. The van der Waals surface area contributed by atoms with Crippen molar-refractivity contribution in [3.05, 3.63) is 29.0 Å². The molecule has 0 bridgehead atoms. The van der Waals surface area contributed by atoms with E-state index in [1.165, 1.54) is 18.2 Å². The SMILES string of the molecule is Cl.Oc1cccc(Cl)c1F. The predicted octanol–water partition coefficient (Wildman–Crippen LogP) is 2.61. The third kappa shape index (κ3) is 1.75. The van der Waals surface area contributed by atoms with Crippen LogP contribution in [0.2, 0.25) is 5.02 Å². The highest BCUT2D eigenvalue weighted by molar-refractivity contribution is 6.30. The average molecular weight is 183 g/mol. The zero-order chi connectivity index (χ0) is 6.85. The van der Waals surface area contributed by atoms with Gasteiger partial charge in [-0.1, -0.05) is 17.7 Å². The molecule has 56 valence electrons. The van der Waals surface area contributed by atoms with Crippen molar-refractivity contribution in [3.8, 4) is 5.75 Å². The maximum atomic E-state index is 12.3. The summed E-state index contributed by atoms with van der Waals surface area (Å²) in [4.78, 5) is 0. The second kappa shape index (κ2) is 3.64. The molecular weight excluding hydrogens is 178 g/mol. The van der Waals surface area contributed by atoms with E-state index in [4.69, 9.17) is 16.7 Å². The molecule has 0 aliphatic rings. The number of benzene rings is 1. The van der Waals surface area contributed by atoms with E-state index in [2.05, 4.69) is 0 Å². The summed E-state index contributed by atoms with van der Waals surface area (Å²) in [6, 6.07) is 4.08. The van der Waals surface area contributed by atoms with Crippen molar-refractivity contribution in [2.24, 2.45) is 0 Å². The summed E-state index contributed by atoms with van der Waals surface area (Å²) in [5.74, 6) is -1.18. The molecule has 0 heterocycles. The zero-order valence-electron chi connectivity index (χ0n) is 4.84. The molecule has 0 aromatic heterocycles. The van der Waals surface area contributed by atoms with E-state index in [1.54, 1.807) is 0 Å². The average Bonchev–Trinajstić information content (AvgIpc) is 1.83. The first-order valence-corrected chi connectivity index (χ1v) is 2.72. The third-order valence-corrected chi connectivity index (χ3v) is 1.22. The standard InChI is InChI=1S/C6H4ClFO.ClH/c7-4-2-1-3-5(9)6(4)8;/h1-3,9H;1H. The van der Waals surface area contributed by atoms with Crippen molar-refractivity contribution in [2.75, 3.05) is 0 Å². The molecule has 0 spiro atoms. The maximum absolute atomic E-state index is 12.3. The molecule has 4 heteroatoms. The van der Waals surface area contributed by atoms with Crippen LogP contribution in [0.1, 0.15) is 0 Å². The van der Waals surface area contributed by atoms with Crippen LogP contribution >= 0.6 is 24.0 Å². The molecule has 1 nitrogen and oxygen atoms in total. The normalized spacial score (nSPS) is 8.60. The van der Waals surface area contributed by atoms with Gasteiger partial charge in [0.15, 0.2) is 11.6 Å². The number of phenolic OH excluding ortho intramolecular Hbond substituents is 1. The topological polar surface area (TPSA) is 20.2 Å². The van der Waals surface area contributed by atoms with Crippen molar-refractivity contribution >= 4 is 24.0 Å². The minimum atomic E-state index is -0.765. The van der Waals surface area contributed by atoms with Crippen LogP contribution in [0.15, 0.2) is 18.2 Å². The molecule has 0 amide bonds. The molecule has 0 saturated heterocycles. The van der Waals surface area contributed by atoms with Gasteiger partial charge in [0.05, 0.1) is 5.02 Å². The summed E-state index contributed by atoms with van der Waals surface area (Å²) >= 11 is 5.28. The van der Waals surface area contributed by atoms with E-state index in [1.807, 2.05) is 0 Å². The largest absolute Gasteiger partial charge is 0.505 e. The van der Waals surface area contributed by atoms with Crippen molar-refractivity contribution in [3.63, 3.8) is 0 Å². The fourth-order valence-electron chi connectivity index (χ4n) is 0.492. The van der Waals surface area contributed by atoms with Gasteiger partial charge in [0.2, 0.25) is 0 Å². The molecule has 0 unspecified atom stereocenters. The first kappa shape index (κ1) is 9.53. The minimum Gasteiger partial charge on any atom is -0.505 e. The summed E-state index contributed by atoms with van der Waals surface area (Å²) < 4.78 is 12.3. The Kier molecular flexibility index (Phi) is 3.47. The lowest BCUT2D eigenvalue weighted by Crippen LogP contribution is -1.74. The number of aromatic hydroxyl groups is 1. The van der Waals surface area contributed by atoms with Gasteiger partial charge in [-0.3, -0.25) is 0 Å². The van der Waals surface area contributed by atoms with Crippen LogP contribution in [-0.2, 0) is 0 Å². The maximum Gasteiger partial charge on any atom is 0.183 e. The molecular formula is C6H5Cl2FO. The van der Waals surface area contributed by atoms with Gasteiger partial charge in [-0.05, 0) is 12.1 Å². The molecule has 1 rings (SSSR count). The summed E-state index contributed by atoms with van der Waals surface area (Å²) in [6.07, 6.45) is 0. The van der Waals surface area contributed by atoms with Crippen molar-refractivity contribution in [1.82, 2.24) is 0 Å². The van der Waals surface area contributed by atoms with E-state index in [0.717, 1.165) is 0 Å². The van der Waals surface area contributed by atoms with Crippen LogP contribution in [0.4, 0.5) is 4.39 Å². The van der Waals surface area contributed by atoms with Crippen LogP contribution in [0.5, 0.6) is 5.75 Å². The molecule has 0 radical (unpaired) electrons. The quantitative estimate of drug-likeness (QED) is 0.655. The number of rotatable bonds is 0. The molecule has 0 aliphatic carbocycles. The minimum absolute atomic E-state index is 0. The highest BCUT2D eigenvalue weighted by Gasteiger charge is 2.01. The first-order chi connectivity index (χ1) is 4.22. The Morgan fingerprint density at radius 2 is 2.00 bits per heavy atom. The first-order valence-electron chi connectivity index (χ1n) is 2.35. The number of halogens is 3. The van der Waals surface area contributed by atoms with Gasteiger partial charge in [-0.2, -0.15) is 0 Å². The van der Waals surface area contributed by atoms with E-state index in [-0.39, 0.29) is 17.4 Å². The lowest BCUT2D eigenvalue weighted by molar-refractivity contribution is 0.432. The van der Waals surface area contributed by atoms with E-state index >= 15 is 0 Å². The zero-order valence-corrected chi connectivity index (χ0v) is 6.42. The van der Waals surface area contributed by atoms with Crippen LogP contribution < -0.4 is 0 Å². The molecule has 0 fully saturated rings. The lowest BCUT2D eigenvalue weighted by Gasteiger charge is -1.93. The van der Waals surface area contributed by atoms with Gasteiger partial charge in [0, 0.05) is 0 Å². The Morgan fingerprint density at radius 1 is 1.40 bits per heavy atom. The molecule has 1 N–H and O–H groups in total. The van der Waals surface area contributed by atoms with E-state index in [9.17, 15) is 4.39 Å². The highest BCUT2D eigenvalue weighted by atomic mass is 35.5. The Balaban J connectivity index is 0.000000810. The van der Waals surface area contributed by atoms with Crippen LogP contribution in [0, 0.1) is 5.82 Å². The van der Waals surface area contributed by atoms with Gasteiger partial charge in [0.1, 0.15) is 0 Å². The second-order valence-electron chi connectivity index (χ2n) is 1.57. The molecule has 1 aromatic carbocycles. The summed E-state index contributed by atoms with van der Waals surface area (Å²) in [7, 11) is 0. The van der Waals surface area contributed by atoms with Crippen LogP contribution in [-0.4, -0.2) is 5.11 Å². The molecule has 0 aliphatic heterocycles. The predicted molar refractivity (Wildman–Crippen MR) is 40.3 cm³/mol. The summed E-state index contributed by atoms with van der Waals surface area (Å²) in [6.45, 7) is 0.